The van der Waals surface area contributed by atoms with E-state index in [0.717, 1.165) is 70.3 Å². The van der Waals surface area contributed by atoms with E-state index in [0.29, 0.717) is 0 Å². The fourth-order valence-electron chi connectivity index (χ4n) is 2.17. The molecule has 1 fully saturated rings. The quantitative estimate of drug-likeness (QED) is 0.786. The average molecular weight is 252 g/mol. The summed E-state index contributed by atoms with van der Waals surface area (Å²) < 4.78 is 11.3. The van der Waals surface area contributed by atoms with Gasteiger partial charge < -0.3 is 14.5 Å². The highest BCUT2D eigenvalue weighted by atomic mass is 16.5. The molecule has 102 valence electrons. The minimum Gasteiger partial charge on any atom is -0.463 e. The maximum Gasteiger partial charge on any atom is 0.118 e. The van der Waals surface area contributed by atoms with Crippen molar-refractivity contribution < 1.29 is 9.15 Å². The van der Waals surface area contributed by atoms with Crippen LogP contribution in [0.5, 0.6) is 0 Å². The molecule has 18 heavy (non-hydrogen) atoms. The number of nitrogens with one attached hydrogen (secondary N) is 1. The molecule has 1 aliphatic heterocycles. The van der Waals surface area contributed by atoms with Gasteiger partial charge in [-0.15, -0.1) is 0 Å². The Bertz CT molecular complexity index is 330. The molecule has 1 aromatic heterocycles. The van der Waals surface area contributed by atoms with Crippen LogP contribution in [0, 0.1) is 0 Å². The minimum absolute atomic E-state index is 0.830. The van der Waals surface area contributed by atoms with Gasteiger partial charge in [0, 0.05) is 19.7 Å². The Balaban J connectivity index is 1.78. The van der Waals surface area contributed by atoms with Gasteiger partial charge in [-0.25, -0.2) is 0 Å². The van der Waals surface area contributed by atoms with Gasteiger partial charge >= 0.3 is 0 Å². The van der Waals surface area contributed by atoms with E-state index in [-0.39, 0.29) is 0 Å². The van der Waals surface area contributed by atoms with Crippen LogP contribution in [0.3, 0.4) is 0 Å². The van der Waals surface area contributed by atoms with Crippen LogP contribution in [0.25, 0.3) is 0 Å². The van der Waals surface area contributed by atoms with Crippen molar-refractivity contribution in [3.05, 3.63) is 23.7 Å². The van der Waals surface area contributed by atoms with E-state index in [9.17, 15) is 0 Å². The predicted octanol–water partition coefficient (Wildman–Crippen LogP) is 2.00. The van der Waals surface area contributed by atoms with Gasteiger partial charge in [0.05, 0.1) is 19.7 Å². The van der Waals surface area contributed by atoms with Crippen LogP contribution in [-0.2, 0) is 17.8 Å². The van der Waals surface area contributed by atoms with Gasteiger partial charge in [0.15, 0.2) is 0 Å². The SMILES string of the molecule is CCCNCc1ccc(CN2CCCOCC2)o1. The first-order valence-electron chi connectivity index (χ1n) is 6.97. The Kier molecular flexibility index (Phi) is 5.71. The van der Waals surface area contributed by atoms with Crippen LogP contribution in [0.2, 0.25) is 0 Å². The average Bonchev–Trinajstić information content (AvgIpc) is 2.65. The second-order valence-corrected chi connectivity index (χ2v) is 4.79. The summed E-state index contributed by atoms with van der Waals surface area (Å²) in [5, 5.41) is 3.35. The molecule has 2 heterocycles. The Morgan fingerprint density at radius 2 is 2.11 bits per heavy atom. The molecule has 0 spiro atoms. The van der Waals surface area contributed by atoms with Crippen LogP contribution in [0.4, 0.5) is 0 Å². The molecule has 0 aliphatic carbocycles. The van der Waals surface area contributed by atoms with E-state index >= 15 is 0 Å². The zero-order chi connectivity index (χ0) is 12.6. The second-order valence-electron chi connectivity index (χ2n) is 4.79. The highest BCUT2D eigenvalue weighted by Gasteiger charge is 2.11. The Hall–Kier alpha value is -0.840. The van der Waals surface area contributed by atoms with Gasteiger partial charge in [-0.2, -0.15) is 0 Å². The fraction of sp³-hybridized carbons (Fsp3) is 0.714. The number of hydrogen-bond donors (Lipinski definition) is 1. The third-order valence-corrected chi connectivity index (χ3v) is 3.14. The molecule has 4 nitrogen and oxygen atoms in total. The highest BCUT2D eigenvalue weighted by Crippen LogP contribution is 2.12. The third-order valence-electron chi connectivity index (χ3n) is 3.14. The summed E-state index contributed by atoms with van der Waals surface area (Å²) in [5.74, 6) is 2.09. The predicted molar refractivity (Wildman–Crippen MR) is 71.4 cm³/mol. The van der Waals surface area contributed by atoms with Crippen LogP contribution in [0.15, 0.2) is 16.5 Å². The topological polar surface area (TPSA) is 37.6 Å². The molecule has 4 heteroatoms. The van der Waals surface area contributed by atoms with Crippen molar-refractivity contribution in [1.29, 1.82) is 0 Å². The van der Waals surface area contributed by atoms with Gasteiger partial charge in [-0.1, -0.05) is 6.92 Å². The summed E-state index contributed by atoms with van der Waals surface area (Å²) in [4.78, 5) is 2.40. The molecule has 0 amide bonds. The molecule has 0 atom stereocenters. The van der Waals surface area contributed by atoms with Crippen molar-refractivity contribution in [3.63, 3.8) is 0 Å². The van der Waals surface area contributed by atoms with Crippen molar-refractivity contribution in [2.75, 3.05) is 32.8 Å². The van der Waals surface area contributed by atoms with Gasteiger partial charge in [-0.3, -0.25) is 4.90 Å². The van der Waals surface area contributed by atoms with E-state index in [1.165, 1.54) is 0 Å². The Morgan fingerprint density at radius 3 is 3.00 bits per heavy atom. The van der Waals surface area contributed by atoms with Crippen LogP contribution < -0.4 is 5.32 Å². The fourth-order valence-corrected chi connectivity index (χ4v) is 2.17. The maximum absolute atomic E-state index is 5.83. The zero-order valence-electron chi connectivity index (χ0n) is 11.3. The smallest absolute Gasteiger partial charge is 0.118 e. The van der Waals surface area contributed by atoms with Crippen LogP contribution in [-0.4, -0.2) is 37.7 Å². The lowest BCUT2D eigenvalue weighted by Crippen LogP contribution is -2.25. The van der Waals surface area contributed by atoms with E-state index < -0.39 is 0 Å². The maximum atomic E-state index is 5.83. The van der Waals surface area contributed by atoms with Crippen molar-refractivity contribution in [1.82, 2.24) is 10.2 Å². The summed E-state index contributed by atoms with van der Waals surface area (Å²) in [6.45, 7) is 8.77. The summed E-state index contributed by atoms with van der Waals surface area (Å²) in [6.07, 6.45) is 2.27. The number of rotatable bonds is 6. The molecule has 1 aromatic rings. The van der Waals surface area contributed by atoms with E-state index in [1.54, 1.807) is 0 Å². The van der Waals surface area contributed by atoms with Gasteiger partial charge in [0.25, 0.3) is 0 Å². The summed E-state index contributed by atoms with van der Waals surface area (Å²) >= 11 is 0. The molecular formula is C14H24N2O2. The standard InChI is InChI=1S/C14H24N2O2/c1-2-6-15-11-13-4-5-14(18-13)12-16-7-3-9-17-10-8-16/h4-5,15H,2-3,6-12H2,1H3. The Morgan fingerprint density at radius 1 is 1.22 bits per heavy atom. The molecule has 1 N–H and O–H groups in total. The molecule has 0 saturated carbocycles. The second kappa shape index (κ2) is 7.56. The van der Waals surface area contributed by atoms with Gasteiger partial charge in [0.1, 0.15) is 11.5 Å². The largest absolute Gasteiger partial charge is 0.463 e. The van der Waals surface area contributed by atoms with Crippen LogP contribution in [0.1, 0.15) is 31.3 Å². The van der Waals surface area contributed by atoms with Crippen molar-refractivity contribution in [2.45, 2.75) is 32.9 Å². The first-order valence-corrected chi connectivity index (χ1v) is 6.97. The number of furan rings is 1. The number of nitrogens with zero attached hydrogens (tertiary/aromatic N) is 1. The molecule has 0 unspecified atom stereocenters. The number of hydrogen-bond acceptors (Lipinski definition) is 4. The van der Waals surface area contributed by atoms with Crippen molar-refractivity contribution in [3.8, 4) is 0 Å². The first-order chi connectivity index (χ1) is 8.88. The lowest BCUT2D eigenvalue weighted by Gasteiger charge is -2.17. The molecule has 2 rings (SSSR count). The molecule has 1 saturated heterocycles. The first kappa shape index (κ1) is 13.6. The summed E-state index contributed by atoms with van der Waals surface area (Å²) in [5.41, 5.74) is 0. The van der Waals surface area contributed by atoms with Crippen LogP contribution >= 0.6 is 0 Å². The van der Waals surface area contributed by atoms with Crippen molar-refractivity contribution >= 4 is 0 Å². The molecular weight excluding hydrogens is 228 g/mol. The number of ether oxygens (including phenoxy) is 1. The zero-order valence-corrected chi connectivity index (χ0v) is 11.3. The third kappa shape index (κ3) is 4.44. The summed E-state index contributed by atoms with van der Waals surface area (Å²) in [7, 11) is 0. The van der Waals surface area contributed by atoms with E-state index in [1.807, 2.05) is 0 Å². The molecule has 0 bridgehead atoms. The molecule has 1 aliphatic rings. The van der Waals surface area contributed by atoms with E-state index in [4.69, 9.17) is 9.15 Å². The van der Waals surface area contributed by atoms with Gasteiger partial charge in [-0.05, 0) is 31.5 Å². The summed E-state index contributed by atoms with van der Waals surface area (Å²) in [6, 6.07) is 4.17. The molecule has 0 aromatic carbocycles. The minimum atomic E-state index is 0.830. The Labute approximate surface area is 109 Å². The van der Waals surface area contributed by atoms with Crippen molar-refractivity contribution in [2.24, 2.45) is 0 Å². The monoisotopic (exact) mass is 252 g/mol. The van der Waals surface area contributed by atoms with E-state index in [2.05, 4.69) is 29.3 Å². The highest BCUT2D eigenvalue weighted by molar-refractivity contribution is 5.07. The normalized spacial score (nSPS) is 17.8. The lowest BCUT2D eigenvalue weighted by molar-refractivity contribution is 0.139. The lowest BCUT2D eigenvalue weighted by atomic mass is 10.3. The molecule has 0 radical (unpaired) electrons. The van der Waals surface area contributed by atoms with Gasteiger partial charge in [0.2, 0.25) is 0 Å².